The summed E-state index contributed by atoms with van der Waals surface area (Å²) in [4.78, 5) is 30.6. The first-order valence-corrected chi connectivity index (χ1v) is 14.4. The minimum absolute atomic E-state index is 0.0195. The predicted molar refractivity (Wildman–Crippen MR) is 144 cm³/mol. The van der Waals surface area contributed by atoms with E-state index in [1.54, 1.807) is 12.2 Å². The van der Waals surface area contributed by atoms with Gasteiger partial charge in [-0.15, -0.1) is 0 Å². The molecule has 6 rings (SSSR count). The predicted octanol–water partition coefficient (Wildman–Crippen LogP) is 4.49. The summed E-state index contributed by atoms with van der Waals surface area (Å²) in [5.74, 6) is 0.0942. The number of Topliss-reactive ketones (excluding diaryl/α,β-unsaturated/α-hetero) is 1. The number of aliphatic hydroxyl groups excluding tert-OH is 1. The van der Waals surface area contributed by atoms with Crippen LogP contribution in [0.15, 0.2) is 53.2 Å². The molecule has 0 aliphatic heterocycles. The van der Waals surface area contributed by atoms with Crippen LogP contribution < -0.4 is 0 Å². The van der Waals surface area contributed by atoms with Crippen molar-refractivity contribution in [3.63, 3.8) is 0 Å². The zero-order valence-corrected chi connectivity index (χ0v) is 22.8. The summed E-state index contributed by atoms with van der Waals surface area (Å²) in [7, 11) is 1.95. The highest BCUT2D eigenvalue weighted by Gasteiger charge is 2.70. The number of hydrogen-bond acceptors (Lipinski definition) is 6. The molecular weight excluding hydrogens is 484 g/mol. The molecule has 0 amide bonds. The summed E-state index contributed by atoms with van der Waals surface area (Å²) in [5.41, 5.74) is 0.441. The number of fused-ring (bicyclic) bond motifs is 6. The Hall–Kier alpha value is -2.22. The molecule has 8 atom stereocenters. The number of aryl methyl sites for hydroxylation is 1. The van der Waals surface area contributed by atoms with Crippen molar-refractivity contribution in [2.45, 2.75) is 63.3 Å². The molecule has 0 spiro atoms. The SMILES string of the molecule is C[C@@H]1CC2C3CCC4=CC(=O)C=CC4(C)C3[C@@H](O)CC2(C)[C@@]1(O)C(=O)CSc1nc2ccccc2n1C. The summed E-state index contributed by atoms with van der Waals surface area (Å²) >= 11 is 1.38. The molecule has 37 heavy (non-hydrogen) atoms. The summed E-state index contributed by atoms with van der Waals surface area (Å²) in [5, 5.41) is 24.6. The normalized spacial score (nSPS) is 40.8. The van der Waals surface area contributed by atoms with E-state index in [-0.39, 0.29) is 46.4 Å². The van der Waals surface area contributed by atoms with E-state index in [2.05, 4.69) is 11.9 Å². The Morgan fingerprint density at radius 1 is 1.27 bits per heavy atom. The largest absolute Gasteiger partial charge is 0.393 e. The van der Waals surface area contributed by atoms with Crippen molar-refractivity contribution in [1.82, 2.24) is 9.55 Å². The smallest absolute Gasteiger partial charge is 0.178 e. The number of thioether (sulfide) groups is 1. The third-order valence-electron chi connectivity index (χ3n) is 10.6. The number of nitrogens with zero attached hydrogens (tertiary/aromatic N) is 2. The second-order valence-electron chi connectivity index (χ2n) is 12.3. The number of hydrogen-bond donors (Lipinski definition) is 2. The number of benzene rings is 1. The fourth-order valence-corrected chi connectivity index (χ4v) is 9.68. The topological polar surface area (TPSA) is 92.4 Å². The lowest BCUT2D eigenvalue weighted by Gasteiger charge is -2.59. The fourth-order valence-electron chi connectivity index (χ4n) is 8.75. The van der Waals surface area contributed by atoms with E-state index >= 15 is 0 Å². The summed E-state index contributed by atoms with van der Waals surface area (Å²) in [6, 6.07) is 7.89. The quantitative estimate of drug-likeness (QED) is 0.577. The van der Waals surface area contributed by atoms with Crippen molar-refractivity contribution >= 4 is 34.4 Å². The number of rotatable bonds is 4. The average Bonchev–Trinajstić information content (AvgIpc) is 3.29. The molecule has 0 radical (unpaired) electrons. The van der Waals surface area contributed by atoms with Gasteiger partial charge in [-0.2, -0.15) is 0 Å². The zero-order chi connectivity index (χ0) is 26.3. The van der Waals surface area contributed by atoms with Crippen LogP contribution in [0.5, 0.6) is 0 Å². The number of carbonyl (C=O) groups is 2. The molecule has 7 heteroatoms. The highest BCUT2D eigenvalue weighted by Crippen LogP contribution is 2.68. The first kappa shape index (κ1) is 25.1. The molecule has 6 nitrogen and oxygen atoms in total. The van der Waals surface area contributed by atoms with Crippen LogP contribution in [0.25, 0.3) is 11.0 Å². The maximum absolute atomic E-state index is 13.9. The van der Waals surface area contributed by atoms with Gasteiger partial charge in [-0.1, -0.05) is 56.3 Å². The van der Waals surface area contributed by atoms with Gasteiger partial charge >= 0.3 is 0 Å². The molecule has 3 saturated carbocycles. The average molecular weight is 521 g/mol. The van der Waals surface area contributed by atoms with Crippen LogP contribution in [-0.4, -0.2) is 48.8 Å². The number of allylic oxidation sites excluding steroid dienone is 4. The molecular formula is C30H36N2O4S. The number of aromatic nitrogens is 2. The van der Waals surface area contributed by atoms with Crippen LogP contribution in [0.3, 0.4) is 0 Å². The summed E-state index contributed by atoms with van der Waals surface area (Å²) in [6.45, 7) is 6.18. The number of para-hydroxylation sites is 2. The molecule has 196 valence electrons. The molecule has 0 bridgehead atoms. The lowest BCUT2D eigenvalue weighted by Crippen LogP contribution is -2.62. The molecule has 3 fully saturated rings. The Balaban J connectivity index is 1.28. The second kappa shape index (κ2) is 8.39. The molecule has 1 aromatic heterocycles. The maximum Gasteiger partial charge on any atom is 0.178 e. The molecule has 1 aromatic carbocycles. The number of aliphatic hydroxyl groups is 2. The van der Waals surface area contributed by atoms with Gasteiger partial charge in [0.25, 0.3) is 0 Å². The minimum atomic E-state index is -1.50. The molecule has 0 saturated heterocycles. The number of imidazole rings is 1. The van der Waals surface area contributed by atoms with Gasteiger partial charge in [0.15, 0.2) is 16.7 Å². The van der Waals surface area contributed by atoms with Crippen LogP contribution in [0.2, 0.25) is 0 Å². The Bertz CT molecular complexity index is 1360. The number of carbonyl (C=O) groups excluding carboxylic acids is 2. The van der Waals surface area contributed by atoms with Crippen molar-refractivity contribution in [3.8, 4) is 0 Å². The third kappa shape index (κ3) is 3.36. The standard InChI is InChI=1S/C30H36N2O4S/c1-17-13-21-20-10-9-18-14-19(33)11-12-28(18,2)26(20)24(34)15-29(21,3)30(17,36)25(35)16-37-27-31-22-7-5-6-8-23(22)32(27)4/h5-8,11-12,14,17,20-21,24,26,34,36H,9-10,13,15-16H2,1-4H3/t17-,20?,21?,24+,26?,28?,29?,30+/m1/s1. The van der Waals surface area contributed by atoms with Gasteiger partial charge in [0.1, 0.15) is 5.60 Å². The molecule has 4 aliphatic rings. The van der Waals surface area contributed by atoms with E-state index in [1.807, 2.05) is 55.8 Å². The van der Waals surface area contributed by atoms with Crippen molar-refractivity contribution in [2.75, 3.05) is 5.75 Å². The third-order valence-corrected chi connectivity index (χ3v) is 11.6. The summed E-state index contributed by atoms with van der Waals surface area (Å²) in [6.07, 6.45) is 7.57. The Morgan fingerprint density at radius 3 is 2.78 bits per heavy atom. The van der Waals surface area contributed by atoms with Gasteiger partial charge in [-0.25, -0.2) is 4.98 Å². The Morgan fingerprint density at radius 2 is 2.03 bits per heavy atom. The van der Waals surface area contributed by atoms with Gasteiger partial charge in [-0.3, -0.25) is 9.59 Å². The van der Waals surface area contributed by atoms with Crippen LogP contribution in [-0.2, 0) is 16.6 Å². The first-order chi connectivity index (χ1) is 17.5. The van der Waals surface area contributed by atoms with Crippen LogP contribution in [0.4, 0.5) is 0 Å². The van der Waals surface area contributed by atoms with Crippen LogP contribution >= 0.6 is 11.8 Å². The van der Waals surface area contributed by atoms with Gasteiger partial charge < -0.3 is 14.8 Å². The highest BCUT2D eigenvalue weighted by atomic mass is 32.2. The van der Waals surface area contributed by atoms with Gasteiger partial charge in [0.2, 0.25) is 0 Å². The van der Waals surface area contributed by atoms with Gasteiger partial charge in [0.05, 0.1) is 22.9 Å². The minimum Gasteiger partial charge on any atom is -0.393 e. The van der Waals surface area contributed by atoms with Gasteiger partial charge in [0, 0.05) is 23.8 Å². The van der Waals surface area contributed by atoms with E-state index in [4.69, 9.17) is 0 Å². The van der Waals surface area contributed by atoms with E-state index in [0.29, 0.717) is 6.42 Å². The first-order valence-electron chi connectivity index (χ1n) is 13.4. The van der Waals surface area contributed by atoms with Crippen LogP contribution in [0.1, 0.15) is 46.5 Å². The van der Waals surface area contributed by atoms with E-state index in [1.165, 1.54) is 11.8 Å². The van der Waals surface area contributed by atoms with Crippen molar-refractivity contribution < 1.29 is 19.8 Å². The Labute approximate surface area is 222 Å². The molecule has 4 aliphatic carbocycles. The van der Waals surface area contributed by atoms with Crippen molar-refractivity contribution in [2.24, 2.45) is 41.5 Å². The highest BCUT2D eigenvalue weighted by molar-refractivity contribution is 7.99. The summed E-state index contributed by atoms with van der Waals surface area (Å²) < 4.78 is 1.99. The van der Waals surface area contributed by atoms with E-state index in [9.17, 15) is 19.8 Å². The van der Waals surface area contributed by atoms with Crippen LogP contribution in [0, 0.1) is 34.5 Å². The van der Waals surface area contributed by atoms with Crippen molar-refractivity contribution in [3.05, 3.63) is 48.1 Å². The fraction of sp³-hybridized carbons (Fsp3) is 0.567. The zero-order valence-electron chi connectivity index (χ0n) is 22.0. The van der Waals surface area contributed by atoms with E-state index < -0.39 is 17.1 Å². The van der Waals surface area contributed by atoms with Gasteiger partial charge in [-0.05, 0) is 67.7 Å². The van der Waals surface area contributed by atoms with Crippen molar-refractivity contribution in [1.29, 1.82) is 0 Å². The Kier molecular flexibility index (Phi) is 5.69. The molecule has 5 unspecified atom stereocenters. The molecule has 2 aromatic rings. The lowest BCUT2D eigenvalue weighted by atomic mass is 9.46. The monoisotopic (exact) mass is 520 g/mol. The second-order valence-corrected chi connectivity index (χ2v) is 13.2. The molecule has 1 heterocycles. The maximum atomic E-state index is 13.9. The lowest BCUT2D eigenvalue weighted by molar-refractivity contribution is -0.179. The van der Waals surface area contributed by atoms with E-state index in [0.717, 1.165) is 41.0 Å². The number of ketones is 2. The molecule has 2 N–H and O–H groups in total.